The van der Waals surface area contributed by atoms with Gasteiger partial charge in [-0.15, -0.1) is 0 Å². The zero-order chi connectivity index (χ0) is 19.3. The molecule has 27 heavy (non-hydrogen) atoms. The summed E-state index contributed by atoms with van der Waals surface area (Å²) in [4.78, 5) is 0. The van der Waals surface area contributed by atoms with E-state index in [1.807, 2.05) is 55.5 Å². The lowest BCUT2D eigenvalue weighted by atomic mass is 10.2. The van der Waals surface area contributed by atoms with Gasteiger partial charge in [-0.05, 0) is 42.3 Å². The molecule has 2 aromatic carbocycles. The molecule has 0 amide bonds. The Morgan fingerprint density at radius 1 is 0.667 bits per heavy atom. The highest BCUT2D eigenvalue weighted by Crippen LogP contribution is 2.13. The number of methoxy groups -OCH3 is 2. The van der Waals surface area contributed by atoms with Crippen molar-refractivity contribution < 1.29 is 28.4 Å². The summed E-state index contributed by atoms with van der Waals surface area (Å²) < 4.78 is 32.3. The van der Waals surface area contributed by atoms with Gasteiger partial charge in [-0.3, -0.25) is 0 Å². The van der Waals surface area contributed by atoms with E-state index in [0.29, 0.717) is 19.8 Å². The first kappa shape index (κ1) is 21.2. The second-order valence-electron chi connectivity index (χ2n) is 5.98. The van der Waals surface area contributed by atoms with Gasteiger partial charge in [0, 0.05) is 0 Å². The van der Waals surface area contributed by atoms with Crippen LogP contribution in [0, 0.1) is 0 Å². The predicted octanol–water partition coefficient (Wildman–Crippen LogP) is 3.77. The van der Waals surface area contributed by atoms with Gasteiger partial charge in [-0.25, -0.2) is 0 Å². The highest BCUT2D eigenvalue weighted by molar-refractivity contribution is 5.27. The highest BCUT2D eigenvalue weighted by atomic mass is 16.7. The Hall–Kier alpha value is -2.12. The fourth-order valence-electron chi connectivity index (χ4n) is 2.25. The van der Waals surface area contributed by atoms with Crippen LogP contribution in [0.1, 0.15) is 18.1 Å². The predicted molar refractivity (Wildman–Crippen MR) is 102 cm³/mol. The van der Waals surface area contributed by atoms with Crippen molar-refractivity contribution >= 4 is 0 Å². The van der Waals surface area contributed by atoms with Crippen LogP contribution in [-0.4, -0.2) is 40.5 Å². The molecule has 0 radical (unpaired) electrons. The number of hydrogen-bond donors (Lipinski definition) is 0. The summed E-state index contributed by atoms with van der Waals surface area (Å²) in [7, 11) is 3.29. The molecular weight excluding hydrogens is 348 g/mol. The highest BCUT2D eigenvalue weighted by Gasteiger charge is 2.03. The van der Waals surface area contributed by atoms with E-state index in [0.717, 1.165) is 22.6 Å². The van der Waals surface area contributed by atoms with Crippen molar-refractivity contribution in [1.82, 2.24) is 0 Å². The summed E-state index contributed by atoms with van der Waals surface area (Å²) in [6.07, 6.45) is -0.0783. The first-order valence-corrected chi connectivity index (χ1v) is 8.82. The van der Waals surface area contributed by atoms with Gasteiger partial charge >= 0.3 is 0 Å². The fraction of sp³-hybridized carbons (Fsp3) is 0.429. The van der Waals surface area contributed by atoms with Crippen molar-refractivity contribution in [2.75, 3.05) is 34.4 Å². The van der Waals surface area contributed by atoms with E-state index in [2.05, 4.69) is 0 Å². The van der Waals surface area contributed by atoms with Crippen LogP contribution in [0.5, 0.6) is 11.5 Å². The molecule has 0 fully saturated rings. The summed E-state index contributed by atoms with van der Waals surface area (Å²) in [5, 5.41) is 0. The molecule has 0 N–H and O–H groups in total. The molecule has 0 aliphatic heterocycles. The largest absolute Gasteiger partial charge is 0.497 e. The first-order chi connectivity index (χ1) is 13.2. The average molecular weight is 376 g/mol. The fourth-order valence-corrected chi connectivity index (χ4v) is 2.25. The summed E-state index contributed by atoms with van der Waals surface area (Å²) in [5.41, 5.74) is 2.13. The maximum Gasteiger partial charge on any atom is 0.147 e. The minimum atomic E-state index is -0.0783. The van der Waals surface area contributed by atoms with E-state index < -0.39 is 0 Å². The van der Waals surface area contributed by atoms with E-state index >= 15 is 0 Å². The molecule has 2 rings (SSSR count). The van der Waals surface area contributed by atoms with Gasteiger partial charge in [0.25, 0.3) is 0 Å². The molecule has 0 unspecified atom stereocenters. The number of hydrogen-bond acceptors (Lipinski definition) is 6. The Morgan fingerprint density at radius 3 is 1.63 bits per heavy atom. The van der Waals surface area contributed by atoms with Gasteiger partial charge in [0.2, 0.25) is 0 Å². The molecule has 0 bridgehead atoms. The summed E-state index contributed by atoms with van der Waals surface area (Å²) in [6, 6.07) is 15.5. The Bertz CT molecular complexity index is 626. The standard InChI is InChI=1S/C21H28O6/c1-17(27-16-26-14-19-6-10-21(23-3)11-7-19)12-24-15-25-13-18-4-8-20(22-2)9-5-18/h4-11,17H,12-16H2,1-3H3/t17-/m0/s1. The third kappa shape index (κ3) is 8.41. The normalized spacial score (nSPS) is 12.0. The quantitative estimate of drug-likeness (QED) is 0.392. The molecule has 0 saturated carbocycles. The van der Waals surface area contributed by atoms with Gasteiger partial charge in [0.15, 0.2) is 0 Å². The second-order valence-corrected chi connectivity index (χ2v) is 5.98. The van der Waals surface area contributed by atoms with Crippen molar-refractivity contribution in [2.24, 2.45) is 0 Å². The zero-order valence-electron chi connectivity index (χ0n) is 16.2. The van der Waals surface area contributed by atoms with Crippen molar-refractivity contribution in [3.05, 3.63) is 59.7 Å². The molecule has 6 nitrogen and oxygen atoms in total. The van der Waals surface area contributed by atoms with Crippen LogP contribution in [0.2, 0.25) is 0 Å². The van der Waals surface area contributed by atoms with E-state index in [1.165, 1.54) is 0 Å². The van der Waals surface area contributed by atoms with Crippen LogP contribution >= 0.6 is 0 Å². The van der Waals surface area contributed by atoms with E-state index in [-0.39, 0.29) is 19.7 Å². The van der Waals surface area contributed by atoms with Crippen molar-refractivity contribution in [1.29, 1.82) is 0 Å². The van der Waals surface area contributed by atoms with Crippen molar-refractivity contribution in [2.45, 2.75) is 26.2 Å². The number of ether oxygens (including phenoxy) is 6. The Morgan fingerprint density at radius 2 is 1.15 bits per heavy atom. The van der Waals surface area contributed by atoms with Gasteiger partial charge in [0.1, 0.15) is 25.1 Å². The molecule has 0 aliphatic carbocycles. The van der Waals surface area contributed by atoms with Crippen LogP contribution < -0.4 is 9.47 Å². The molecule has 1 atom stereocenters. The average Bonchev–Trinajstić information content (AvgIpc) is 2.72. The van der Waals surface area contributed by atoms with Gasteiger partial charge in [-0.1, -0.05) is 24.3 Å². The molecule has 6 heteroatoms. The van der Waals surface area contributed by atoms with Crippen LogP contribution in [0.4, 0.5) is 0 Å². The lowest BCUT2D eigenvalue weighted by molar-refractivity contribution is -0.133. The monoisotopic (exact) mass is 376 g/mol. The first-order valence-electron chi connectivity index (χ1n) is 8.82. The smallest absolute Gasteiger partial charge is 0.147 e. The van der Waals surface area contributed by atoms with Gasteiger partial charge < -0.3 is 28.4 Å². The topological polar surface area (TPSA) is 55.4 Å². The van der Waals surface area contributed by atoms with Crippen LogP contribution in [0.15, 0.2) is 48.5 Å². The maximum atomic E-state index is 5.56. The number of benzene rings is 2. The Balaban J connectivity index is 1.48. The van der Waals surface area contributed by atoms with Gasteiger partial charge in [0.05, 0.1) is 40.1 Å². The van der Waals surface area contributed by atoms with Crippen LogP contribution in [0.25, 0.3) is 0 Å². The Kier molecular flexibility index (Phi) is 9.65. The van der Waals surface area contributed by atoms with Crippen LogP contribution in [-0.2, 0) is 32.2 Å². The van der Waals surface area contributed by atoms with E-state index in [1.54, 1.807) is 14.2 Å². The van der Waals surface area contributed by atoms with Crippen molar-refractivity contribution in [3.8, 4) is 11.5 Å². The molecular formula is C21H28O6. The minimum absolute atomic E-state index is 0.0783. The molecule has 148 valence electrons. The summed E-state index contributed by atoms with van der Waals surface area (Å²) >= 11 is 0. The molecule has 2 aromatic rings. The minimum Gasteiger partial charge on any atom is -0.497 e. The van der Waals surface area contributed by atoms with E-state index in [9.17, 15) is 0 Å². The lowest BCUT2D eigenvalue weighted by Gasteiger charge is -2.14. The SMILES string of the molecule is COc1ccc(COCOC[C@H](C)OCOCc2ccc(OC)cc2)cc1. The maximum absolute atomic E-state index is 5.56. The summed E-state index contributed by atoms with van der Waals surface area (Å²) in [5.74, 6) is 1.66. The lowest BCUT2D eigenvalue weighted by Crippen LogP contribution is -2.18. The molecule has 0 aromatic heterocycles. The van der Waals surface area contributed by atoms with E-state index in [4.69, 9.17) is 28.4 Å². The Labute approximate surface area is 160 Å². The van der Waals surface area contributed by atoms with Crippen LogP contribution in [0.3, 0.4) is 0 Å². The van der Waals surface area contributed by atoms with Crippen molar-refractivity contribution in [3.63, 3.8) is 0 Å². The molecule has 0 aliphatic rings. The third-order valence-electron chi connectivity index (χ3n) is 3.81. The zero-order valence-corrected chi connectivity index (χ0v) is 16.2. The second kappa shape index (κ2) is 12.3. The molecule has 0 saturated heterocycles. The molecule has 0 heterocycles. The molecule has 0 spiro atoms. The van der Waals surface area contributed by atoms with Gasteiger partial charge in [-0.2, -0.15) is 0 Å². The third-order valence-corrected chi connectivity index (χ3v) is 3.81. The number of rotatable bonds is 13. The summed E-state index contributed by atoms with van der Waals surface area (Å²) in [6.45, 7) is 3.77.